The Bertz CT molecular complexity index is 860. The highest BCUT2D eigenvalue weighted by atomic mass is 19.3. The van der Waals surface area contributed by atoms with E-state index in [4.69, 9.17) is 0 Å². The average molecular weight is 435 g/mol. The molecule has 170 valence electrons. The van der Waals surface area contributed by atoms with Gasteiger partial charge < -0.3 is 5.11 Å². The third-order valence-electron chi connectivity index (χ3n) is 9.32. The number of halogens is 2. The van der Waals surface area contributed by atoms with E-state index in [-0.39, 0.29) is 30.6 Å². The van der Waals surface area contributed by atoms with Gasteiger partial charge in [-0.1, -0.05) is 18.6 Å². The molecule has 0 radical (unpaired) electrons. The van der Waals surface area contributed by atoms with Gasteiger partial charge in [0.2, 0.25) is 0 Å². The van der Waals surface area contributed by atoms with Gasteiger partial charge in [0.1, 0.15) is 12.1 Å². The summed E-state index contributed by atoms with van der Waals surface area (Å²) in [5, 5.41) is 21.8. The molecule has 0 aromatic carbocycles. The molecule has 4 aliphatic carbocycles. The first-order valence-corrected chi connectivity index (χ1v) is 11.7. The monoisotopic (exact) mass is 434 g/mol. The zero-order chi connectivity index (χ0) is 21.8. The van der Waals surface area contributed by atoms with E-state index in [9.17, 15) is 18.7 Å². The van der Waals surface area contributed by atoms with Crippen LogP contribution in [0.2, 0.25) is 0 Å². The number of alkyl halides is 2. The van der Waals surface area contributed by atoms with Crippen LogP contribution in [0, 0.1) is 35.0 Å². The van der Waals surface area contributed by atoms with E-state index in [2.05, 4.69) is 28.4 Å². The van der Waals surface area contributed by atoms with Gasteiger partial charge in [0.15, 0.2) is 12.1 Å². The van der Waals surface area contributed by atoms with Crippen molar-refractivity contribution in [2.75, 3.05) is 0 Å². The number of nitrogens with zero attached hydrogens (tertiary/aromatic N) is 4. The molecule has 1 heterocycles. The lowest BCUT2D eigenvalue weighted by atomic mass is 9.51. The summed E-state index contributed by atoms with van der Waals surface area (Å²) in [6.07, 6.45) is 7.77. The fourth-order valence-electron chi connectivity index (χ4n) is 7.71. The Labute approximate surface area is 181 Å². The van der Waals surface area contributed by atoms with Gasteiger partial charge in [0.05, 0.1) is 0 Å². The van der Waals surface area contributed by atoms with Crippen LogP contribution >= 0.6 is 0 Å². The lowest BCUT2D eigenvalue weighted by Crippen LogP contribution is -2.49. The van der Waals surface area contributed by atoms with Crippen molar-refractivity contribution in [1.29, 1.82) is 0 Å². The molecule has 5 rings (SSSR count). The zero-order valence-corrected chi connectivity index (χ0v) is 18.1. The fraction of sp³-hybridized carbons (Fsp3) is 0.826. The van der Waals surface area contributed by atoms with Gasteiger partial charge in [-0.15, -0.1) is 10.2 Å². The Morgan fingerprint density at radius 1 is 1.26 bits per heavy atom. The first kappa shape index (κ1) is 21.2. The highest BCUT2D eigenvalue weighted by Crippen LogP contribution is 2.64. The summed E-state index contributed by atoms with van der Waals surface area (Å²) in [5.41, 5.74) is -0.601. The van der Waals surface area contributed by atoms with E-state index < -0.39 is 12.0 Å². The van der Waals surface area contributed by atoms with Crippen LogP contribution in [-0.4, -0.2) is 43.1 Å². The number of carbonyl (C=O) groups excluding carboxylic acids is 1. The molecule has 0 saturated heterocycles. The van der Waals surface area contributed by atoms with Crippen LogP contribution < -0.4 is 0 Å². The Balaban J connectivity index is 1.29. The maximum Gasteiger partial charge on any atom is 0.267 e. The number of hydrogen-bond acceptors (Lipinski definition) is 5. The topological polar surface area (TPSA) is 80.9 Å². The van der Waals surface area contributed by atoms with Crippen molar-refractivity contribution in [1.82, 2.24) is 20.2 Å². The van der Waals surface area contributed by atoms with Gasteiger partial charge >= 0.3 is 0 Å². The van der Waals surface area contributed by atoms with E-state index in [1.54, 1.807) is 0 Å². The maximum atomic E-state index is 13.4. The van der Waals surface area contributed by atoms with Crippen molar-refractivity contribution >= 4 is 5.78 Å². The van der Waals surface area contributed by atoms with E-state index in [0.29, 0.717) is 42.4 Å². The molecule has 1 N–H and O–H groups in total. The Morgan fingerprint density at radius 2 is 2.10 bits per heavy atom. The van der Waals surface area contributed by atoms with Gasteiger partial charge in [0.25, 0.3) is 6.43 Å². The van der Waals surface area contributed by atoms with Crippen molar-refractivity contribution in [2.24, 2.45) is 35.0 Å². The van der Waals surface area contributed by atoms with Crippen LogP contribution in [0.3, 0.4) is 0 Å². The van der Waals surface area contributed by atoms with Crippen molar-refractivity contribution in [2.45, 2.75) is 83.3 Å². The molecule has 7 atom stereocenters. The molecule has 31 heavy (non-hydrogen) atoms. The Kier molecular flexibility index (Phi) is 5.26. The number of fused-ring (bicyclic) bond motifs is 5. The minimum absolute atomic E-state index is 0.133. The lowest BCUT2D eigenvalue weighted by molar-refractivity contribution is -0.123. The summed E-state index contributed by atoms with van der Waals surface area (Å²) in [4.78, 5) is 14.0. The molecule has 0 aliphatic heterocycles. The van der Waals surface area contributed by atoms with E-state index in [0.717, 1.165) is 37.7 Å². The third-order valence-corrected chi connectivity index (χ3v) is 9.32. The fourth-order valence-corrected chi connectivity index (χ4v) is 7.71. The summed E-state index contributed by atoms with van der Waals surface area (Å²) in [6, 6.07) is 0. The Morgan fingerprint density at radius 3 is 2.84 bits per heavy atom. The number of Topliss-reactive ketones (excluding diaryl/α,β-unsaturated/α-hetero) is 1. The van der Waals surface area contributed by atoms with Crippen molar-refractivity contribution in [3.8, 4) is 0 Å². The number of allylic oxidation sites excluding steroid dienone is 1. The van der Waals surface area contributed by atoms with Gasteiger partial charge in [-0.25, -0.2) is 8.78 Å². The molecule has 3 saturated carbocycles. The predicted octanol–water partition coefficient (Wildman–Crippen LogP) is 3.82. The van der Waals surface area contributed by atoms with Gasteiger partial charge in [0, 0.05) is 12.8 Å². The maximum absolute atomic E-state index is 13.4. The van der Waals surface area contributed by atoms with Crippen LogP contribution in [0.5, 0.6) is 0 Å². The number of tetrazole rings is 1. The number of aliphatic hydroxyl groups is 1. The number of aromatic nitrogens is 4. The molecular formula is C23H32F2N4O2. The normalized spacial score (nSPS) is 42.0. The smallest absolute Gasteiger partial charge is 0.267 e. The third kappa shape index (κ3) is 3.55. The van der Waals surface area contributed by atoms with E-state index in [1.807, 2.05) is 0 Å². The molecule has 3 fully saturated rings. The molecule has 0 amide bonds. The number of ketones is 1. The number of rotatable bonds is 5. The number of carbonyl (C=O) groups is 1. The highest BCUT2D eigenvalue weighted by Gasteiger charge is 2.57. The second kappa shape index (κ2) is 7.71. The summed E-state index contributed by atoms with van der Waals surface area (Å²) in [7, 11) is 0. The van der Waals surface area contributed by atoms with Gasteiger partial charge in [-0.3, -0.25) is 4.79 Å². The Hall–Kier alpha value is -1.70. The summed E-state index contributed by atoms with van der Waals surface area (Å²) >= 11 is 0. The van der Waals surface area contributed by atoms with Crippen LogP contribution in [0.4, 0.5) is 8.78 Å². The van der Waals surface area contributed by atoms with Crippen molar-refractivity contribution < 1.29 is 18.7 Å². The van der Waals surface area contributed by atoms with Crippen LogP contribution in [0.15, 0.2) is 18.0 Å². The minimum atomic E-state index is -2.68. The van der Waals surface area contributed by atoms with Crippen LogP contribution in [0.25, 0.3) is 0 Å². The standard InChI is InChI=1S/C23H32F2N4O2/c1-22-8-6-18-17-7-9-23(31,21(24)25)11-14(17)2-4-19(18)20(22)5-3-15(22)10-16(30)12-29-27-13-26-28-29/h2,13,15,17-21,31H,3-12H2,1H3/t15-,17+,18-,19-,20+,22-,23-/m1/s1. The molecular weight excluding hydrogens is 402 g/mol. The summed E-state index contributed by atoms with van der Waals surface area (Å²) in [5.74, 6) is 2.59. The molecule has 6 nitrogen and oxygen atoms in total. The molecule has 4 aliphatic rings. The van der Waals surface area contributed by atoms with Crippen molar-refractivity contribution in [3.05, 3.63) is 18.0 Å². The van der Waals surface area contributed by atoms with Gasteiger partial charge in [-0.2, -0.15) is 4.80 Å². The molecule has 0 unspecified atom stereocenters. The van der Waals surface area contributed by atoms with E-state index in [1.165, 1.54) is 11.1 Å². The highest BCUT2D eigenvalue weighted by molar-refractivity contribution is 5.78. The largest absolute Gasteiger partial charge is 0.384 e. The molecule has 0 spiro atoms. The molecule has 8 heteroatoms. The van der Waals surface area contributed by atoms with Gasteiger partial charge in [-0.05, 0) is 85.2 Å². The van der Waals surface area contributed by atoms with E-state index >= 15 is 0 Å². The second-order valence-electron chi connectivity index (χ2n) is 10.7. The average Bonchev–Trinajstić information content (AvgIpc) is 3.35. The van der Waals surface area contributed by atoms with Crippen molar-refractivity contribution in [3.63, 3.8) is 0 Å². The SMILES string of the molecule is C[C@]12CC[C@H]3[C@@H](CC=C4C[C@@](O)(C(F)F)CC[C@@H]43)[C@@H]1CC[C@@H]2CC(=O)Cn1ncnn1. The molecule has 0 bridgehead atoms. The second-order valence-corrected chi connectivity index (χ2v) is 10.7. The molecule has 1 aromatic rings. The summed E-state index contributed by atoms with van der Waals surface area (Å²) in [6.45, 7) is 2.56. The lowest BCUT2D eigenvalue weighted by Gasteiger charge is -2.54. The number of hydrogen-bond donors (Lipinski definition) is 1. The predicted molar refractivity (Wildman–Crippen MR) is 109 cm³/mol. The summed E-state index contributed by atoms with van der Waals surface area (Å²) < 4.78 is 26.7. The minimum Gasteiger partial charge on any atom is -0.384 e. The zero-order valence-electron chi connectivity index (χ0n) is 18.1. The quantitative estimate of drug-likeness (QED) is 0.713. The van der Waals surface area contributed by atoms with Crippen LogP contribution in [-0.2, 0) is 11.3 Å². The van der Waals surface area contributed by atoms with Crippen LogP contribution in [0.1, 0.15) is 64.7 Å². The molecule has 1 aromatic heterocycles. The first-order valence-electron chi connectivity index (χ1n) is 11.7. The first-order chi connectivity index (χ1) is 14.8.